The Labute approximate surface area is 91.0 Å². The molecule has 0 fully saturated rings. The van der Waals surface area contributed by atoms with Gasteiger partial charge in [0.05, 0.1) is 12.3 Å². The molecule has 0 atom stereocenters. The van der Waals surface area contributed by atoms with Crippen LogP contribution in [0.4, 0.5) is 0 Å². The Morgan fingerprint density at radius 1 is 1.33 bits per heavy atom. The number of hydrogen-bond acceptors (Lipinski definition) is 4. The summed E-state index contributed by atoms with van der Waals surface area (Å²) in [7, 11) is 0. The van der Waals surface area contributed by atoms with Crippen LogP contribution in [0.5, 0.6) is 0 Å². The van der Waals surface area contributed by atoms with Crippen LogP contribution < -0.4 is 0 Å². The molecular weight excluding hydrogens is 190 g/mol. The molecule has 1 rings (SSSR count). The number of likely N-dealkylation sites (N-methyl/N-ethyl adjacent to an activating group) is 1. The van der Waals surface area contributed by atoms with Gasteiger partial charge in [-0.3, -0.25) is 0 Å². The van der Waals surface area contributed by atoms with Crippen LogP contribution >= 0.6 is 0 Å². The zero-order chi connectivity index (χ0) is 11.1. The third kappa shape index (κ3) is 3.93. The predicted molar refractivity (Wildman–Crippen MR) is 59.4 cm³/mol. The van der Waals surface area contributed by atoms with Gasteiger partial charge < -0.3 is 10.0 Å². The highest BCUT2D eigenvalue weighted by molar-refractivity contribution is 5.01. The summed E-state index contributed by atoms with van der Waals surface area (Å²) in [5, 5.41) is 8.93. The Balaban J connectivity index is 2.49. The maximum Gasteiger partial charge on any atom is 0.129 e. The molecule has 0 saturated carbocycles. The van der Waals surface area contributed by atoms with Crippen molar-refractivity contribution in [2.24, 2.45) is 0 Å². The predicted octanol–water partition coefficient (Wildman–Crippen LogP) is 0.853. The highest BCUT2D eigenvalue weighted by atomic mass is 16.3. The molecule has 1 N–H and O–H groups in total. The molecule has 0 radical (unpaired) electrons. The molecule has 15 heavy (non-hydrogen) atoms. The summed E-state index contributed by atoms with van der Waals surface area (Å²) in [6.07, 6.45) is 2.55. The lowest BCUT2D eigenvalue weighted by molar-refractivity contribution is 0.275. The fourth-order valence-electron chi connectivity index (χ4n) is 1.45. The number of aromatic nitrogens is 2. The van der Waals surface area contributed by atoms with Gasteiger partial charge in [-0.05, 0) is 19.2 Å². The number of aliphatic hydroxyl groups is 1. The van der Waals surface area contributed by atoms with E-state index in [0.717, 1.165) is 31.9 Å². The maximum absolute atomic E-state index is 8.93. The summed E-state index contributed by atoms with van der Waals surface area (Å²) in [5.74, 6) is 0.813. The minimum atomic E-state index is -0.0131. The van der Waals surface area contributed by atoms with Crippen molar-refractivity contribution in [3.05, 3.63) is 23.8 Å². The Morgan fingerprint density at radius 3 is 2.67 bits per heavy atom. The average Bonchev–Trinajstić information content (AvgIpc) is 2.31. The summed E-state index contributed by atoms with van der Waals surface area (Å²) in [6.45, 7) is 7.36. The standard InChI is InChI=1S/C11H19N3O/c1-3-14(4-2)8-6-11-12-7-5-10(9-15)13-11/h5,7,15H,3-4,6,8-9H2,1-2H3. The van der Waals surface area contributed by atoms with Crippen molar-refractivity contribution in [3.63, 3.8) is 0 Å². The lowest BCUT2D eigenvalue weighted by Gasteiger charge is -2.16. The average molecular weight is 209 g/mol. The Bertz CT molecular complexity index is 287. The van der Waals surface area contributed by atoms with Crippen molar-refractivity contribution < 1.29 is 5.11 Å². The first-order valence-corrected chi connectivity index (χ1v) is 5.44. The quantitative estimate of drug-likeness (QED) is 0.754. The first kappa shape index (κ1) is 12.1. The van der Waals surface area contributed by atoms with Gasteiger partial charge in [-0.15, -0.1) is 0 Å². The van der Waals surface area contributed by atoms with Crippen molar-refractivity contribution in [3.8, 4) is 0 Å². The molecule has 0 aromatic carbocycles. The summed E-state index contributed by atoms with van der Waals surface area (Å²) < 4.78 is 0. The van der Waals surface area contributed by atoms with Crippen molar-refractivity contribution >= 4 is 0 Å². The lowest BCUT2D eigenvalue weighted by atomic mass is 10.3. The molecule has 1 aromatic heterocycles. The Morgan fingerprint density at radius 2 is 2.07 bits per heavy atom. The minimum Gasteiger partial charge on any atom is -0.390 e. The molecule has 4 nitrogen and oxygen atoms in total. The summed E-state index contributed by atoms with van der Waals surface area (Å²) in [5.41, 5.74) is 0.694. The topological polar surface area (TPSA) is 49.2 Å². The van der Waals surface area contributed by atoms with E-state index in [9.17, 15) is 0 Å². The van der Waals surface area contributed by atoms with Gasteiger partial charge in [0.15, 0.2) is 0 Å². The van der Waals surface area contributed by atoms with Gasteiger partial charge >= 0.3 is 0 Å². The van der Waals surface area contributed by atoms with Gasteiger partial charge in [-0.1, -0.05) is 13.8 Å². The van der Waals surface area contributed by atoms with E-state index < -0.39 is 0 Å². The van der Waals surface area contributed by atoms with Gasteiger partial charge in [-0.25, -0.2) is 9.97 Å². The Kier molecular flexibility index (Phi) is 5.21. The summed E-state index contributed by atoms with van der Waals surface area (Å²) >= 11 is 0. The first-order valence-electron chi connectivity index (χ1n) is 5.44. The van der Waals surface area contributed by atoms with E-state index in [0.29, 0.717) is 5.69 Å². The highest BCUT2D eigenvalue weighted by Gasteiger charge is 2.02. The smallest absolute Gasteiger partial charge is 0.129 e. The van der Waals surface area contributed by atoms with Crippen LogP contribution in [0.25, 0.3) is 0 Å². The summed E-state index contributed by atoms with van der Waals surface area (Å²) in [4.78, 5) is 10.8. The molecule has 1 aromatic rings. The second-order valence-corrected chi connectivity index (χ2v) is 3.40. The second-order valence-electron chi connectivity index (χ2n) is 3.40. The van der Waals surface area contributed by atoms with Crippen LogP contribution in [0.3, 0.4) is 0 Å². The molecule has 0 saturated heterocycles. The van der Waals surface area contributed by atoms with E-state index in [1.54, 1.807) is 12.3 Å². The molecule has 0 amide bonds. The molecule has 84 valence electrons. The third-order valence-electron chi connectivity index (χ3n) is 2.47. The third-order valence-corrected chi connectivity index (χ3v) is 2.47. The zero-order valence-corrected chi connectivity index (χ0v) is 9.48. The van der Waals surface area contributed by atoms with Crippen LogP contribution in [-0.4, -0.2) is 39.6 Å². The Hall–Kier alpha value is -1.00. The van der Waals surface area contributed by atoms with Crippen LogP contribution in [0, 0.1) is 0 Å². The first-order chi connectivity index (χ1) is 7.30. The SMILES string of the molecule is CCN(CC)CCc1nccc(CO)n1. The molecule has 0 spiro atoms. The molecular formula is C11H19N3O. The molecule has 0 aliphatic heterocycles. The molecule has 0 aliphatic rings. The van der Waals surface area contributed by atoms with Crippen molar-refractivity contribution in [1.29, 1.82) is 0 Å². The normalized spacial score (nSPS) is 10.9. The van der Waals surface area contributed by atoms with Gasteiger partial charge in [0.25, 0.3) is 0 Å². The van der Waals surface area contributed by atoms with Gasteiger partial charge in [0.1, 0.15) is 5.82 Å². The molecule has 0 bridgehead atoms. The fraction of sp³-hybridized carbons (Fsp3) is 0.636. The lowest BCUT2D eigenvalue weighted by Crippen LogP contribution is -2.25. The van der Waals surface area contributed by atoms with E-state index in [2.05, 4.69) is 28.7 Å². The fourth-order valence-corrected chi connectivity index (χ4v) is 1.45. The van der Waals surface area contributed by atoms with Gasteiger partial charge in [0, 0.05) is 19.2 Å². The maximum atomic E-state index is 8.93. The van der Waals surface area contributed by atoms with E-state index in [4.69, 9.17) is 5.11 Å². The van der Waals surface area contributed by atoms with E-state index in [1.165, 1.54) is 0 Å². The number of hydrogen-bond donors (Lipinski definition) is 1. The summed E-state index contributed by atoms with van der Waals surface area (Å²) in [6, 6.07) is 1.74. The zero-order valence-electron chi connectivity index (χ0n) is 9.48. The second kappa shape index (κ2) is 6.48. The van der Waals surface area contributed by atoms with E-state index in [-0.39, 0.29) is 6.61 Å². The molecule has 1 heterocycles. The largest absolute Gasteiger partial charge is 0.390 e. The van der Waals surface area contributed by atoms with E-state index >= 15 is 0 Å². The van der Waals surface area contributed by atoms with Crippen molar-refractivity contribution in [1.82, 2.24) is 14.9 Å². The number of nitrogens with zero attached hydrogens (tertiary/aromatic N) is 3. The number of rotatable bonds is 6. The molecule has 4 heteroatoms. The van der Waals surface area contributed by atoms with Crippen LogP contribution in [-0.2, 0) is 13.0 Å². The van der Waals surface area contributed by atoms with Crippen molar-refractivity contribution in [2.45, 2.75) is 26.9 Å². The van der Waals surface area contributed by atoms with Crippen molar-refractivity contribution in [2.75, 3.05) is 19.6 Å². The number of aliphatic hydroxyl groups excluding tert-OH is 1. The molecule has 0 unspecified atom stereocenters. The van der Waals surface area contributed by atoms with Gasteiger partial charge in [-0.2, -0.15) is 0 Å². The van der Waals surface area contributed by atoms with Crippen LogP contribution in [0.15, 0.2) is 12.3 Å². The van der Waals surface area contributed by atoms with Gasteiger partial charge in [0.2, 0.25) is 0 Å². The molecule has 0 aliphatic carbocycles. The monoisotopic (exact) mass is 209 g/mol. The van der Waals surface area contributed by atoms with Crippen LogP contribution in [0.1, 0.15) is 25.4 Å². The van der Waals surface area contributed by atoms with E-state index in [1.807, 2.05) is 0 Å². The highest BCUT2D eigenvalue weighted by Crippen LogP contribution is 1.98. The van der Waals surface area contributed by atoms with Crippen LogP contribution in [0.2, 0.25) is 0 Å². The minimum absolute atomic E-state index is 0.0131.